The van der Waals surface area contributed by atoms with Crippen molar-refractivity contribution < 1.29 is 24.2 Å². The molecule has 0 aliphatic carbocycles. The molecule has 0 aromatic carbocycles. The minimum absolute atomic E-state index is 0.221. The average Bonchev–Trinajstić information content (AvgIpc) is 2.24. The largest absolute Gasteiger partial charge is 0.480 e. The topological polar surface area (TPSA) is 84.9 Å². The summed E-state index contributed by atoms with van der Waals surface area (Å²) in [6, 6.07) is -0.989. The Bertz CT molecular complexity index is 285. The Morgan fingerprint density at radius 3 is 2.37 bits per heavy atom. The number of carboxylic acids is 1. The minimum Gasteiger partial charge on any atom is -0.480 e. The molecule has 6 nitrogen and oxygen atoms in total. The number of alkyl carbamates (subject to hydrolysis) is 1. The van der Waals surface area contributed by atoms with Crippen LogP contribution in [0.3, 0.4) is 0 Å². The van der Waals surface area contributed by atoms with Gasteiger partial charge in [0, 0.05) is 19.6 Å². The molecule has 1 amide bonds. The van der Waals surface area contributed by atoms with Gasteiger partial charge in [0.15, 0.2) is 0 Å². The van der Waals surface area contributed by atoms with Crippen LogP contribution in [0.4, 0.5) is 4.79 Å². The van der Waals surface area contributed by atoms with Crippen molar-refractivity contribution in [2.24, 2.45) is 0 Å². The van der Waals surface area contributed by atoms with E-state index in [1.54, 1.807) is 20.8 Å². The molecule has 0 bridgehead atoms. The van der Waals surface area contributed by atoms with Crippen LogP contribution in [0.2, 0.25) is 0 Å². The highest BCUT2D eigenvalue weighted by atomic mass is 16.6. The highest BCUT2D eigenvalue weighted by Crippen LogP contribution is 2.07. The summed E-state index contributed by atoms with van der Waals surface area (Å²) >= 11 is 0. The highest BCUT2D eigenvalue weighted by Gasteiger charge is 2.23. The van der Waals surface area contributed by atoms with Crippen LogP contribution in [-0.4, -0.2) is 42.0 Å². The lowest BCUT2D eigenvalue weighted by Gasteiger charge is -2.22. The predicted octanol–water partition coefficient (Wildman–Crippen LogP) is 2.17. The van der Waals surface area contributed by atoms with Crippen molar-refractivity contribution in [1.82, 2.24) is 5.32 Å². The Labute approximate surface area is 114 Å². The number of carbonyl (C=O) groups is 2. The maximum absolute atomic E-state index is 11.5. The molecule has 0 aromatic heterocycles. The standard InChI is InChI=1S/C13H25NO5/c1-5-6-8-18-9-7-10(11(15)16)14-12(17)19-13(2,3)4/h10H,5-9H2,1-4H3,(H,14,17)(H,15,16)/t10-/m0/s1. The molecular weight excluding hydrogens is 250 g/mol. The summed E-state index contributed by atoms with van der Waals surface area (Å²) in [5, 5.41) is 11.3. The van der Waals surface area contributed by atoms with E-state index >= 15 is 0 Å². The number of carboxylic acid groups (broad SMARTS) is 1. The van der Waals surface area contributed by atoms with Gasteiger partial charge < -0.3 is 19.9 Å². The van der Waals surface area contributed by atoms with E-state index in [1.807, 2.05) is 6.92 Å². The molecule has 0 spiro atoms. The predicted molar refractivity (Wildman–Crippen MR) is 71.1 cm³/mol. The first kappa shape index (κ1) is 17.7. The van der Waals surface area contributed by atoms with Gasteiger partial charge in [0.1, 0.15) is 11.6 Å². The van der Waals surface area contributed by atoms with Crippen LogP contribution < -0.4 is 5.32 Å². The number of unbranched alkanes of at least 4 members (excludes halogenated alkanes) is 1. The quantitative estimate of drug-likeness (QED) is 0.663. The van der Waals surface area contributed by atoms with E-state index in [2.05, 4.69) is 5.32 Å². The SMILES string of the molecule is CCCCOCC[C@H](NC(=O)OC(C)(C)C)C(=O)O. The van der Waals surface area contributed by atoms with Gasteiger partial charge in [-0.25, -0.2) is 9.59 Å². The number of hydrogen-bond donors (Lipinski definition) is 2. The van der Waals surface area contributed by atoms with Crippen molar-refractivity contribution in [3.8, 4) is 0 Å². The molecule has 0 saturated carbocycles. The van der Waals surface area contributed by atoms with Crippen molar-refractivity contribution in [1.29, 1.82) is 0 Å². The number of aliphatic carboxylic acids is 1. The summed E-state index contributed by atoms with van der Waals surface area (Å²) in [5.41, 5.74) is -0.648. The molecule has 0 heterocycles. The van der Waals surface area contributed by atoms with E-state index < -0.39 is 23.7 Å². The van der Waals surface area contributed by atoms with Crippen LogP contribution in [0.5, 0.6) is 0 Å². The van der Waals surface area contributed by atoms with Gasteiger partial charge in [-0.1, -0.05) is 13.3 Å². The van der Waals surface area contributed by atoms with Crippen LogP contribution in [0.1, 0.15) is 47.0 Å². The lowest BCUT2D eigenvalue weighted by Crippen LogP contribution is -2.44. The van der Waals surface area contributed by atoms with Crippen LogP contribution in [0.15, 0.2) is 0 Å². The Morgan fingerprint density at radius 1 is 1.26 bits per heavy atom. The van der Waals surface area contributed by atoms with E-state index in [0.717, 1.165) is 12.8 Å². The van der Waals surface area contributed by atoms with Crippen LogP contribution in [0.25, 0.3) is 0 Å². The van der Waals surface area contributed by atoms with Gasteiger partial charge in [0.25, 0.3) is 0 Å². The third kappa shape index (κ3) is 10.3. The van der Waals surface area contributed by atoms with E-state index in [4.69, 9.17) is 14.6 Å². The summed E-state index contributed by atoms with van der Waals surface area (Å²) in [5.74, 6) is -1.09. The monoisotopic (exact) mass is 275 g/mol. The van der Waals surface area contributed by atoms with Crippen molar-refractivity contribution in [2.45, 2.75) is 58.6 Å². The zero-order chi connectivity index (χ0) is 14.9. The fraction of sp³-hybridized carbons (Fsp3) is 0.846. The lowest BCUT2D eigenvalue weighted by molar-refractivity contribution is -0.140. The number of rotatable bonds is 8. The average molecular weight is 275 g/mol. The van der Waals surface area contributed by atoms with Crippen molar-refractivity contribution in [2.75, 3.05) is 13.2 Å². The molecule has 6 heteroatoms. The molecule has 0 saturated heterocycles. The lowest BCUT2D eigenvalue weighted by atomic mass is 10.2. The molecule has 0 aliphatic rings. The van der Waals surface area contributed by atoms with Gasteiger partial charge in [0.2, 0.25) is 0 Å². The second-order valence-electron chi connectivity index (χ2n) is 5.29. The van der Waals surface area contributed by atoms with E-state index in [-0.39, 0.29) is 6.42 Å². The first-order valence-electron chi connectivity index (χ1n) is 6.56. The molecule has 0 fully saturated rings. The van der Waals surface area contributed by atoms with Gasteiger partial charge in [-0.15, -0.1) is 0 Å². The van der Waals surface area contributed by atoms with Crippen LogP contribution in [-0.2, 0) is 14.3 Å². The molecule has 0 aromatic rings. The Morgan fingerprint density at radius 2 is 1.89 bits per heavy atom. The Balaban J connectivity index is 4.05. The number of hydrogen-bond acceptors (Lipinski definition) is 4. The zero-order valence-electron chi connectivity index (χ0n) is 12.2. The van der Waals surface area contributed by atoms with Gasteiger partial charge in [0.05, 0.1) is 0 Å². The fourth-order valence-electron chi connectivity index (χ4n) is 1.26. The minimum atomic E-state index is -1.09. The summed E-state index contributed by atoms with van der Waals surface area (Å²) in [6.45, 7) is 8.11. The number of nitrogens with one attached hydrogen (secondary N) is 1. The molecule has 112 valence electrons. The Kier molecular flexibility index (Phi) is 8.14. The molecule has 0 radical (unpaired) electrons. The highest BCUT2D eigenvalue weighted by molar-refractivity contribution is 5.79. The maximum Gasteiger partial charge on any atom is 0.408 e. The molecular formula is C13H25NO5. The summed E-state index contributed by atoms with van der Waals surface area (Å²) in [4.78, 5) is 22.5. The van der Waals surface area contributed by atoms with Crippen molar-refractivity contribution in [3.05, 3.63) is 0 Å². The van der Waals surface area contributed by atoms with Crippen molar-refractivity contribution in [3.63, 3.8) is 0 Å². The summed E-state index contributed by atoms with van der Waals surface area (Å²) in [7, 11) is 0. The van der Waals surface area contributed by atoms with Gasteiger partial charge in [-0.2, -0.15) is 0 Å². The van der Waals surface area contributed by atoms with E-state index in [0.29, 0.717) is 13.2 Å². The number of carbonyl (C=O) groups excluding carboxylic acids is 1. The first-order chi connectivity index (χ1) is 8.76. The second-order valence-corrected chi connectivity index (χ2v) is 5.29. The fourth-order valence-corrected chi connectivity index (χ4v) is 1.26. The van der Waals surface area contributed by atoms with Crippen LogP contribution >= 0.6 is 0 Å². The molecule has 19 heavy (non-hydrogen) atoms. The first-order valence-corrected chi connectivity index (χ1v) is 6.56. The molecule has 0 aliphatic heterocycles. The number of ether oxygens (including phenoxy) is 2. The molecule has 2 N–H and O–H groups in total. The van der Waals surface area contributed by atoms with Gasteiger partial charge in [-0.05, 0) is 27.2 Å². The number of amides is 1. The molecule has 0 unspecified atom stereocenters. The maximum atomic E-state index is 11.5. The van der Waals surface area contributed by atoms with E-state index in [9.17, 15) is 9.59 Å². The third-order valence-corrected chi connectivity index (χ3v) is 2.18. The molecule has 1 atom stereocenters. The summed E-state index contributed by atoms with van der Waals surface area (Å²) < 4.78 is 10.3. The van der Waals surface area contributed by atoms with Gasteiger partial charge in [-0.3, -0.25) is 0 Å². The van der Waals surface area contributed by atoms with E-state index in [1.165, 1.54) is 0 Å². The van der Waals surface area contributed by atoms with Crippen molar-refractivity contribution >= 4 is 12.1 Å². The zero-order valence-corrected chi connectivity index (χ0v) is 12.2. The Hall–Kier alpha value is -1.30. The smallest absolute Gasteiger partial charge is 0.408 e. The van der Waals surface area contributed by atoms with Crippen LogP contribution in [0, 0.1) is 0 Å². The second kappa shape index (κ2) is 8.74. The summed E-state index contributed by atoms with van der Waals surface area (Å²) in [6.07, 6.45) is 1.46. The normalized spacial score (nSPS) is 12.8. The molecule has 0 rings (SSSR count). The van der Waals surface area contributed by atoms with Gasteiger partial charge >= 0.3 is 12.1 Å². The third-order valence-electron chi connectivity index (χ3n) is 2.18.